The highest BCUT2D eigenvalue weighted by atomic mass is 35.5. The first kappa shape index (κ1) is 19.1. The molecule has 2 aliphatic rings. The molecule has 0 spiro atoms. The molecule has 3 aromatic rings. The molecule has 3 heterocycles. The molecule has 6 nitrogen and oxygen atoms in total. The summed E-state index contributed by atoms with van der Waals surface area (Å²) < 4.78 is 0. The first-order chi connectivity index (χ1) is 14.6. The molecular formula is C23H23ClN4O2. The van der Waals surface area contributed by atoms with Crippen molar-refractivity contribution in [2.45, 2.75) is 25.2 Å². The molecular weight excluding hydrogens is 400 g/mol. The quantitative estimate of drug-likeness (QED) is 0.694. The van der Waals surface area contributed by atoms with Gasteiger partial charge in [-0.05, 0) is 43.2 Å². The number of halogens is 1. The van der Waals surface area contributed by atoms with Crippen molar-refractivity contribution in [2.75, 3.05) is 24.5 Å². The van der Waals surface area contributed by atoms with E-state index in [-0.39, 0.29) is 24.2 Å². The first-order valence-corrected chi connectivity index (χ1v) is 10.8. The lowest BCUT2D eigenvalue weighted by Crippen LogP contribution is -2.42. The van der Waals surface area contributed by atoms with E-state index in [9.17, 15) is 9.59 Å². The maximum Gasteiger partial charge on any atom is 0.228 e. The molecule has 5 rings (SSSR count). The van der Waals surface area contributed by atoms with Crippen molar-refractivity contribution in [3.8, 4) is 0 Å². The fraction of sp³-hybridized carbons (Fsp3) is 0.348. The molecule has 1 aromatic heterocycles. The van der Waals surface area contributed by atoms with E-state index < -0.39 is 0 Å². The number of nitrogens with one attached hydrogen (secondary N) is 1. The molecule has 0 bridgehead atoms. The van der Waals surface area contributed by atoms with Gasteiger partial charge in [-0.1, -0.05) is 29.8 Å². The van der Waals surface area contributed by atoms with Crippen LogP contribution in [0.25, 0.3) is 11.0 Å². The van der Waals surface area contributed by atoms with Crippen LogP contribution in [0.3, 0.4) is 0 Å². The Hall–Kier alpha value is -2.86. The number of aromatic amines is 1. The van der Waals surface area contributed by atoms with Gasteiger partial charge in [0.25, 0.3) is 0 Å². The predicted octanol–water partition coefficient (Wildman–Crippen LogP) is 3.98. The Bertz CT molecular complexity index is 1070. The van der Waals surface area contributed by atoms with Crippen LogP contribution < -0.4 is 4.90 Å². The highest BCUT2D eigenvalue weighted by Crippen LogP contribution is 2.31. The third-order valence-corrected chi connectivity index (χ3v) is 6.43. The van der Waals surface area contributed by atoms with E-state index in [2.05, 4.69) is 4.98 Å². The van der Waals surface area contributed by atoms with Gasteiger partial charge in [0.05, 0.1) is 17.0 Å². The van der Waals surface area contributed by atoms with Gasteiger partial charge in [0, 0.05) is 42.7 Å². The summed E-state index contributed by atoms with van der Waals surface area (Å²) in [6.45, 7) is 1.81. The van der Waals surface area contributed by atoms with E-state index in [0.29, 0.717) is 30.6 Å². The van der Waals surface area contributed by atoms with E-state index in [4.69, 9.17) is 16.6 Å². The lowest BCUT2D eigenvalue weighted by Gasteiger charge is -2.32. The summed E-state index contributed by atoms with van der Waals surface area (Å²) in [5.74, 6) is 1.10. The Balaban J connectivity index is 1.22. The summed E-state index contributed by atoms with van der Waals surface area (Å²) in [5.41, 5.74) is 2.79. The van der Waals surface area contributed by atoms with E-state index in [1.165, 1.54) is 0 Å². The normalized spacial score (nSPS) is 20.3. The zero-order chi connectivity index (χ0) is 20.7. The minimum absolute atomic E-state index is 0.0206. The highest BCUT2D eigenvalue weighted by molar-refractivity contribution is 6.31. The van der Waals surface area contributed by atoms with Crippen LogP contribution in [0.15, 0.2) is 48.5 Å². The molecule has 1 atom stereocenters. The molecule has 30 heavy (non-hydrogen) atoms. The number of benzene rings is 2. The number of aromatic nitrogens is 2. The Kier molecular flexibility index (Phi) is 4.95. The van der Waals surface area contributed by atoms with Gasteiger partial charge in [0.15, 0.2) is 0 Å². The number of piperidine rings is 1. The number of fused-ring (bicyclic) bond motifs is 1. The Morgan fingerprint density at radius 3 is 2.67 bits per heavy atom. The molecule has 7 heteroatoms. The van der Waals surface area contributed by atoms with Gasteiger partial charge < -0.3 is 14.8 Å². The van der Waals surface area contributed by atoms with E-state index in [0.717, 1.165) is 35.4 Å². The van der Waals surface area contributed by atoms with Crippen LogP contribution in [0.1, 0.15) is 31.0 Å². The number of carbonyl (C=O) groups is 2. The number of likely N-dealkylation sites (tertiary alicyclic amines) is 1. The molecule has 2 saturated heterocycles. The molecule has 2 fully saturated rings. The summed E-state index contributed by atoms with van der Waals surface area (Å²) in [6, 6.07) is 15.3. The number of amides is 2. The number of hydrogen-bond donors (Lipinski definition) is 1. The van der Waals surface area contributed by atoms with Gasteiger partial charge in [-0.25, -0.2) is 4.98 Å². The summed E-state index contributed by atoms with van der Waals surface area (Å²) in [7, 11) is 0. The molecule has 0 saturated carbocycles. The number of anilines is 1. The van der Waals surface area contributed by atoms with Gasteiger partial charge in [0.2, 0.25) is 11.8 Å². The van der Waals surface area contributed by atoms with Crippen LogP contribution in [0.5, 0.6) is 0 Å². The zero-order valence-electron chi connectivity index (χ0n) is 16.6. The van der Waals surface area contributed by atoms with Crippen LogP contribution in [0.4, 0.5) is 5.69 Å². The molecule has 2 aliphatic heterocycles. The Morgan fingerprint density at radius 2 is 1.90 bits per heavy atom. The summed E-state index contributed by atoms with van der Waals surface area (Å²) in [5, 5.41) is 0.586. The third-order valence-electron chi connectivity index (χ3n) is 6.20. The summed E-state index contributed by atoms with van der Waals surface area (Å²) in [4.78, 5) is 37.3. The van der Waals surface area contributed by atoms with Gasteiger partial charge in [-0.3, -0.25) is 9.59 Å². The van der Waals surface area contributed by atoms with Crippen molar-refractivity contribution >= 4 is 40.1 Å². The molecule has 1 N–H and O–H groups in total. The SMILES string of the molecule is O=C(C1CC(=O)N(c2cccc(Cl)c2)C1)N1CCC(c2nc3ccccc3[nH]2)CC1. The van der Waals surface area contributed by atoms with Crippen LogP contribution in [0, 0.1) is 5.92 Å². The predicted molar refractivity (Wildman–Crippen MR) is 117 cm³/mol. The first-order valence-electron chi connectivity index (χ1n) is 10.4. The summed E-state index contributed by atoms with van der Waals surface area (Å²) in [6.07, 6.45) is 2.02. The molecule has 0 radical (unpaired) electrons. The largest absolute Gasteiger partial charge is 0.342 e. The third kappa shape index (κ3) is 3.56. The molecule has 2 amide bonds. The highest BCUT2D eigenvalue weighted by Gasteiger charge is 2.38. The van der Waals surface area contributed by atoms with E-state index >= 15 is 0 Å². The second kappa shape index (κ2) is 7.76. The molecule has 0 aliphatic carbocycles. The van der Waals surface area contributed by atoms with Crippen LogP contribution in [-0.4, -0.2) is 46.3 Å². The minimum atomic E-state index is -0.292. The average molecular weight is 423 g/mol. The molecule has 1 unspecified atom stereocenters. The van der Waals surface area contributed by atoms with Crippen molar-refractivity contribution in [1.29, 1.82) is 0 Å². The van der Waals surface area contributed by atoms with E-state index in [1.807, 2.05) is 41.3 Å². The number of rotatable bonds is 3. The van der Waals surface area contributed by atoms with Crippen molar-refractivity contribution in [3.63, 3.8) is 0 Å². The monoisotopic (exact) mass is 422 g/mol. The van der Waals surface area contributed by atoms with Crippen molar-refractivity contribution in [3.05, 3.63) is 59.4 Å². The second-order valence-corrected chi connectivity index (χ2v) is 8.56. The van der Waals surface area contributed by atoms with Crippen molar-refractivity contribution in [2.24, 2.45) is 5.92 Å². The maximum atomic E-state index is 13.1. The number of H-pyrrole nitrogens is 1. The number of carbonyl (C=O) groups excluding carboxylic acids is 2. The summed E-state index contributed by atoms with van der Waals surface area (Å²) >= 11 is 6.06. The number of para-hydroxylation sites is 2. The topological polar surface area (TPSA) is 69.3 Å². The van der Waals surface area contributed by atoms with E-state index in [1.54, 1.807) is 17.0 Å². The minimum Gasteiger partial charge on any atom is -0.342 e. The lowest BCUT2D eigenvalue weighted by atomic mass is 9.95. The van der Waals surface area contributed by atoms with Crippen molar-refractivity contribution < 1.29 is 9.59 Å². The smallest absolute Gasteiger partial charge is 0.228 e. The van der Waals surface area contributed by atoms with Crippen LogP contribution >= 0.6 is 11.6 Å². The van der Waals surface area contributed by atoms with Gasteiger partial charge in [-0.15, -0.1) is 0 Å². The number of hydrogen-bond acceptors (Lipinski definition) is 3. The molecule has 154 valence electrons. The van der Waals surface area contributed by atoms with Gasteiger partial charge in [-0.2, -0.15) is 0 Å². The number of imidazole rings is 1. The second-order valence-electron chi connectivity index (χ2n) is 8.12. The maximum absolute atomic E-state index is 13.1. The van der Waals surface area contributed by atoms with Crippen LogP contribution in [-0.2, 0) is 9.59 Å². The van der Waals surface area contributed by atoms with Gasteiger partial charge >= 0.3 is 0 Å². The molecule has 2 aromatic carbocycles. The zero-order valence-corrected chi connectivity index (χ0v) is 17.3. The average Bonchev–Trinajstić information content (AvgIpc) is 3.37. The fourth-order valence-corrected chi connectivity index (χ4v) is 4.75. The van der Waals surface area contributed by atoms with Gasteiger partial charge in [0.1, 0.15) is 5.82 Å². The van der Waals surface area contributed by atoms with Crippen LogP contribution in [0.2, 0.25) is 5.02 Å². The Labute approximate surface area is 179 Å². The Morgan fingerprint density at radius 1 is 1.10 bits per heavy atom. The lowest BCUT2D eigenvalue weighted by molar-refractivity contribution is -0.136. The number of nitrogens with zero attached hydrogens (tertiary/aromatic N) is 3. The van der Waals surface area contributed by atoms with Crippen molar-refractivity contribution in [1.82, 2.24) is 14.9 Å². The standard InChI is InChI=1S/C23H23ClN4O2/c24-17-4-3-5-18(13-17)28-14-16(12-21(28)29)23(30)27-10-8-15(9-11-27)22-25-19-6-1-2-7-20(19)26-22/h1-7,13,15-16H,8-12,14H2,(H,25,26). The fourth-order valence-electron chi connectivity index (χ4n) is 4.56.